The molecule has 3 aliphatic rings. The summed E-state index contributed by atoms with van der Waals surface area (Å²) < 4.78 is 13.2. The summed E-state index contributed by atoms with van der Waals surface area (Å²) in [7, 11) is 3.34. The van der Waals surface area contributed by atoms with Crippen molar-refractivity contribution in [1.82, 2.24) is 19.2 Å². The van der Waals surface area contributed by atoms with Gasteiger partial charge in [0.1, 0.15) is 5.65 Å². The zero-order chi connectivity index (χ0) is 25.7. The van der Waals surface area contributed by atoms with Crippen LogP contribution in [0.25, 0.3) is 16.9 Å². The molecule has 1 saturated carbocycles. The molecule has 2 atom stereocenters. The summed E-state index contributed by atoms with van der Waals surface area (Å²) in [6.07, 6.45) is 12.5. The SMILES string of the molecule is COc1ccc(-c2cn3cc(C4CC(C)N(C5CCN(C6CC6)CC5)C(C)C4)cc(C)c3n2)cc1OC. The molecule has 1 aromatic carbocycles. The van der Waals surface area contributed by atoms with Gasteiger partial charge >= 0.3 is 0 Å². The third-order valence-corrected chi connectivity index (χ3v) is 9.16. The standard InChI is InChI=1S/C31H42N4O2/c1-20-14-25(18-34-19-28(32-31(20)34)23-6-9-29(36-4)30(17-23)37-5)24-15-21(2)35(22(3)16-24)27-10-12-33(13-11-27)26-7-8-26/h6,9,14,17-19,21-22,24,26-27H,7-8,10-13,15-16H2,1-5H3. The average molecular weight is 503 g/mol. The number of aryl methyl sites for hydroxylation is 1. The first-order chi connectivity index (χ1) is 17.9. The molecule has 1 aliphatic carbocycles. The Kier molecular flexibility index (Phi) is 6.66. The maximum absolute atomic E-state index is 5.52. The van der Waals surface area contributed by atoms with Gasteiger partial charge in [0.15, 0.2) is 11.5 Å². The summed E-state index contributed by atoms with van der Waals surface area (Å²) in [6.45, 7) is 9.72. The van der Waals surface area contributed by atoms with E-state index in [0.29, 0.717) is 18.0 Å². The molecule has 6 rings (SSSR count). The van der Waals surface area contributed by atoms with Gasteiger partial charge in [0.25, 0.3) is 0 Å². The Balaban J connectivity index is 1.20. The van der Waals surface area contributed by atoms with Crippen molar-refractivity contribution in [2.75, 3.05) is 27.3 Å². The zero-order valence-corrected chi connectivity index (χ0v) is 23.1. The molecule has 198 valence electrons. The fourth-order valence-electron chi connectivity index (χ4n) is 7.23. The van der Waals surface area contributed by atoms with Crippen LogP contribution in [0, 0.1) is 6.92 Å². The summed E-state index contributed by atoms with van der Waals surface area (Å²) in [4.78, 5) is 10.6. The first-order valence-electron chi connectivity index (χ1n) is 14.2. The quantitative estimate of drug-likeness (QED) is 0.419. The molecule has 3 aromatic rings. The summed E-state index contributed by atoms with van der Waals surface area (Å²) in [5.74, 6) is 2.04. The number of imidazole rings is 1. The highest BCUT2D eigenvalue weighted by Crippen LogP contribution is 2.40. The fourth-order valence-corrected chi connectivity index (χ4v) is 7.23. The van der Waals surface area contributed by atoms with Crippen molar-refractivity contribution in [3.63, 3.8) is 0 Å². The molecule has 2 aliphatic heterocycles. The summed E-state index contributed by atoms with van der Waals surface area (Å²) in [5, 5.41) is 0. The molecule has 0 N–H and O–H groups in total. The predicted octanol–water partition coefficient (Wildman–Crippen LogP) is 5.91. The molecule has 4 heterocycles. The van der Waals surface area contributed by atoms with Gasteiger partial charge in [-0.05, 0) is 108 Å². The van der Waals surface area contributed by atoms with Crippen molar-refractivity contribution < 1.29 is 9.47 Å². The minimum Gasteiger partial charge on any atom is -0.493 e. The van der Waals surface area contributed by atoms with Crippen LogP contribution in [0.3, 0.4) is 0 Å². The highest BCUT2D eigenvalue weighted by molar-refractivity contribution is 5.67. The van der Waals surface area contributed by atoms with Crippen LogP contribution in [0.15, 0.2) is 36.7 Å². The number of likely N-dealkylation sites (tertiary alicyclic amines) is 2. The van der Waals surface area contributed by atoms with Gasteiger partial charge in [-0.25, -0.2) is 4.98 Å². The van der Waals surface area contributed by atoms with Crippen molar-refractivity contribution in [2.45, 2.75) is 89.4 Å². The van der Waals surface area contributed by atoms with Crippen molar-refractivity contribution in [3.05, 3.63) is 47.8 Å². The van der Waals surface area contributed by atoms with Gasteiger partial charge in [-0.2, -0.15) is 0 Å². The maximum atomic E-state index is 5.52. The molecule has 37 heavy (non-hydrogen) atoms. The molecule has 0 radical (unpaired) electrons. The topological polar surface area (TPSA) is 42.2 Å². The Morgan fingerprint density at radius 3 is 2.19 bits per heavy atom. The smallest absolute Gasteiger partial charge is 0.161 e. The van der Waals surface area contributed by atoms with Crippen molar-refractivity contribution in [1.29, 1.82) is 0 Å². The summed E-state index contributed by atoms with van der Waals surface area (Å²) >= 11 is 0. The van der Waals surface area contributed by atoms with E-state index in [4.69, 9.17) is 14.5 Å². The van der Waals surface area contributed by atoms with Crippen LogP contribution in [0.1, 0.15) is 69.4 Å². The number of ether oxygens (including phenoxy) is 2. The van der Waals surface area contributed by atoms with E-state index in [1.807, 2.05) is 18.2 Å². The number of fused-ring (bicyclic) bond motifs is 1. The Morgan fingerprint density at radius 2 is 1.54 bits per heavy atom. The number of methoxy groups -OCH3 is 2. The lowest BCUT2D eigenvalue weighted by Crippen LogP contribution is -2.54. The second kappa shape index (κ2) is 9.95. The highest BCUT2D eigenvalue weighted by atomic mass is 16.5. The minimum atomic E-state index is 0.586. The lowest BCUT2D eigenvalue weighted by atomic mass is 9.81. The molecule has 0 spiro atoms. The van der Waals surface area contributed by atoms with Gasteiger partial charge in [0, 0.05) is 42.1 Å². The third kappa shape index (κ3) is 4.74. The van der Waals surface area contributed by atoms with E-state index in [1.165, 1.54) is 62.7 Å². The predicted molar refractivity (Wildman–Crippen MR) is 149 cm³/mol. The Morgan fingerprint density at radius 1 is 0.838 bits per heavy atom. The molecule has 2 aromatic heterocycles. The minimum absolute atomic E-state index is 0.586. The number of benzene rings is 1. The normalized spacial score (nSPS) is 26.0. The van der Waals surface area contributed by atoms with Crippen molar-refractivity contribution in [2.24, 2.45) is 0 Å². The monoisotopic (exact) mass is 502 g/mol. The number of hydrogen-bond donors (Lipinski definition) is 0. The maximum Gasteiger partial charge on any atom is 0.161 e. The number of hydrogen-bond acceptors (Lipinski definition) is 5. The largest absolute Gasteiger partial charge is 0.493 e. The van der Waals surface area contributed by atoms with Gasteiger partial charge in [-0.15, -0.1) is 0 Å². The van der Waals surface area contributed by atoms with Crippen LogP contribution in [0.4, 0.5) is 0 Å². The number of aromatic nitrogens is 2. The number of piperidine rings is 2. The molecule has 6 heteroatoms. The van der Waals surface area contributed by atoms with E-state index >= 15 is 0 Å². The van der Waals surface area contributed by atoms with Gasteiger partial charge < -0.3 is 18.8 Å². The van der Waals surface area contributed by atoms with Gasteiger partial charge in [0.2, 0.25) is 0 Å². The van der Waals surface area contributed by atoms with Crippen LogP contribution in [0.2, 0.25) is 0 Å². The molecule has 2 unspecified atom stereocenters. The lowest BCUT2D eigenvalue weighted by Gasteiger charge is -2.49. The van der Waals surface area contributed by atoms with Crippen molar-refractivity contribution in [3.8, 4) is 22.8 Å². The Hall–Kier alpha value is -2.57. The lowest BCUT2D eigenvalue weighted by molar-refractivity contribution is 0.0129. The van der Waals surface area contributed by atoms with Crippen LogP contribution in [-0.2, 0) is 0 Å². The van der Waals surface area contributed by atoms with E-state index < -0.39 is 0 Å². The number of rotatable bonds is 6. The van der Waals surface area contributed by atoms with E-state index in [0.717, 1.165) is 40.5 Å². The molecule has 6 nitrogen and oxygen atoms in total. The van der Waals surface area contributed by atoms with E-state index in [2.05, 4.69) is 53.4 Å². The van der Waals surface area contributed by atoms with Gasteiger partial charge in [-0.1, -0.05) is 6.07 Å². The second-order valence-electron chi connectivity index (χ2n) is 11.7. The molecule has 0 amide bonds. The van der Waals surface area contributed by atoms with Gasteiger partial charge in [-0.3, -0.25) is 4.90 Å². The molecule has 0 bridgehead atoms. The number of pyridine rings is 1. The van der Waals surface area contributed by atoms with Crippen molar-refractivity contribution >= 4 is 5.65 Å². The second-order valence-corrected chi connectivity index (χ2v) is 11.7. The van der Waals surface area contributed by atoms with E-state index in [9.17, 15) is 0 Å². The first-order valence-corrected chi connectivity index (χ1v) is 14.2. The zero-order valence-electron chi connectivity index (χ0n) is 23.1. The molecular formula is C31H42N4O2. The van der Waals surface area contributed by atoms with Crippen LogP contribution < -0.4 is 9.47 Å². The third-order valence-electron chi connectivity index (χ3n) is 9.16. The van der Waals surface area contributed by atoms with E-state index in [-0.39, 0.29) is 0 Å². The number of nitrogens with zero attached hydrogens (tertiary/aromatic N) is 4. The highest BCUT2D eigenvalue weighted by Gasteiger charge is 2.39. The fraction of sp³-hybridized carbons (Fsp3) is 0.581. The van der Waals surface area contributed by atoms with Gasteiger partial charge in [0.05, 0.1) is 19.9 Å². The first kappa shape index (κ1) is 24.7. The summed E-state index contributed by atoms with van der Waals surface area (Å²) in [5.41, 5.74) is 5.69. The van der Waals surface area contributed by atoms with Crippen LogP contribution in [-0.4, -0.2) is 70.7 Å². The van der Waals surface area contributed by atoms with Crippen LogP contribution in [0.5, 0.6) is 11.5 Å². The van der Waals surface area contributed by atoms with Crippen LogP contribution >= 0.6 is 0 Å². The van der Waals surface area contributed by atoms with E-state index in [1.54, 1.807) is 14.2 Å². The summed E-state index contributed by atoms with van der Waals surface area (Å²) in [6, 6.07) is 11.3. The Bertz CT molecular complexity index is 1250. The average Bonchev–Trinajstić information content (AvgIpc) is 3.66. The Labute approximate surface area is 221 Å². The molecule has 2 saturated heterocycles. The molecular weight excluding hydrogens is 460 g/mol. The molecule has 3 fully saturated rings.